The highest BCUT2D eigenvalue weighted by molar-refractivity contribution is 5.90. The molecule has 0 aliphatic carbocycles. The lowest BCUT2D eigenvalue weighted by atomic mass is 10.1. The number of hydrogen-bond donors (Lipinski definition) is 1. The molecule has 0 aromatic carbocycles. The first kappa shape index (κ1) is 26.5. The molecular weight excluding hydrogens is 533 g/mol. The van der Waals surface area contributed by atoms with Crippen LogP contribution in [-0.2, 0) is 31.1 Å². The highest BCUT2D eigenvalue weighted by Gasteiger charge is 2.33. The number of rotatable bonds is 6. The van der Waals surface area contributed by atoms with Gasteiger partial charge in [0.2, 0.25) is 5.91 Å². The summed E-state index contributed by atoms with van der Waals surface area (Å²) in [4.78, 5) is 51.1. The topological polar surface area (TPSA) is 143 Å². The normalized spacial score (nSPS) is 11.8. The number of anilines is 1. The highest BCUT2D eigenvalue weighted by atomic mass is 19.4. The number of carbonyl (C=O) groups is 1. The minimum atomic E-state index is -4.58. The maximum Gasteiger partial charge on any atom is 0.418 e. The highest BCUT2D eigenvalue weighted by Crippen LogP contribution is 2.33. The smallest absolute Gasteiger partial charge is 0.361 e. The molecule has 5 rings (SSSR count). The van der Waals surface area contributed by atoms with Crippen LogP contribution >= 0.6 is 0 Å². The zero-order valence-corrected chi connectivity index (χ0v) is 21.4. The van der Waals surface area contributed by atoms with Crippen LogP contribution in [0, 0.1) is 13.8 Å². The summed E-state index contributed by atoms with van der Waals surface area (Å²) in [5, 5.41) is 6.40. The number of imidazole rings is 1. The number of fused-ring (bicyclic) bond motifs is 1. The van der Waals surface area contributed by atoms with Crippen LogP contribution in [-0.4, -0.2) is 39.7 Å². The van der Waals surface area contributed by atoms with Crippen LogP contribution in [0.4, 0.5) is 19.0 Å². The zero-order chi connectivity index (χ0) is 28.8. The Kier molecular flexibility index (Phi) is 6.57. The second kappa shape index (κ2) is 9.91. The van der Waals surface area contributed by atoms with Crippen LogP contribution in [0.15, 0.2) is 57.0 Å². The van der Waals surface area contributed by atoms with E-state index >= 15 is 0 Å². The minimum absolute atomic E-state index is 0.0181. The Hall–Kier alpha value is -5.08. The standard InChI is InChI=1S/C25H21F3N8O4/c1-13-7-16(33-40-13)10-36-23(38)21-22(34(3)24(36)39)30-12-35(21)11-20(37)32-19-6-4-5-18(31-19)15-8-17(25(26,27)28)14(2)29-9-15/h4-9,12H,10-11H2,1-3H3,(H,31,32,37). The number of aryl methyl sites for hydroxylation is 3. The molecule has 5 aromatic rings. The Labute approximate surface area is 222 Å². The van der Waals surface area contributed by atoms with Crippen molar-refractivity contribution in [2.45, 2.75) is 33.1 Å². The molecule has 0 radical (unpaired) electrons. The minimum Gasteiger partial charge on any atom is -0.361 e. The third-order valence-electron chi connectivity index (χ3n) is 6.12. The van der Waals surface area contributed by atoms with E-state index in [9.17, 15) is 27.6 Å². The van der Waals surface area contributed by atoms with E-state index in [0.29, 0.717) is 11.5 Å². The van der Waals surface area contributed by atoms with Crippen LogP contribution in [0.3, 0.4) is 0 Å². The van der Waals surface area contributed by atoms with Gasteiger partial charge in [-0.2, -0.15) is 13.2 Å². The van der Waals surface area contributed by atoms with Gasteiger partial charge in [0.1, 0.15) is 23.8 Å². The van der Waals surface area contributed by atoms with Crippen LogP contribution in [0.5, 0.6) is 0 Å². The van der Waals surface area contributed by atoms with Gasteiger partial charge in [0.05, 0.1) is 24.1 Å². The van der Waals surface area contributed by atoms with Gasteiger partial charge < -0.3 is 14.4 Å². The first-order valence-corrected chi connectivity index (χ1v) is 11.8. The molecule has 0 fully saturated rings. The predicted molar refractivity (Wildman–Crippen MR) is 135 cm³/mol. The summed E-state index contributed by atoms with van der Waals surface area (Å²) in [6, 6.07) is 7.03. The molecule has 40 heavy (non-hydrogen) atoms. The Morgan fingerprint density at radius 3 is 2.60 bits per heavy atom. The summed E-state index contributed by atoms with van der Waals surface area (Å²) in [5.41, 5.74) is -1.56. The lowest BCUT2D eigenvalue weighted by molar-refractivity contribution is -0.138. The molecule has 1 amide bonds. The van der Waals surface area contributed by atoms with Crippen molar-refractivity contribution in [1.82, 2.24) is 33.8 Å². The fourth-order valence-electron chi connectivity index (χ4n) is 4.20. The van der Waals surface area contributed by atoms with Gasteiger partial charge in [-0.25, -0.2) is 14.8 Å². The summed E-state index contributed by atoms with van der Waals surface area (Å²) in [6.07, 6.45) is -2.05. The van der Waals surface area contributed by atoms with Gasteiger partial charge in [-0.05, 0) is 32.0 Å². The number of nitrogens with zero attached hydrogens (tertiary/aromatic N) is 7. The third-order valence-corrected chi connectivity index (χ3v) is 6.12. The molecule has 0 atom stereocenters. The van der Waals surface area contributed by atoms with Crippen LogP contribution < -0.4 is 16.6 Å². The number of amides is 1. The summed E-state index contributed by atoms with van der Waals surface area (Å²) in [7, 11) is 1.45. The van der Waals surface area contributed by atoms with Gasteiger partial charge in [0, 0.05) is 30.6 Å². The Morgan fingerprint density at radius 1 is 1.12 bits per heavy atom. The van der Waals surface area contributed by atoms with E-state index in [4.69, 9.17) is 4.52 Å². The Balaban J connectivity index is 1.41. The van der Waals surface area contributed by atoms with Crippen LogP contribution in [0.1, 0.15) is 22.7 Å². The molecule has 206 valence electrons. The van der Waals surface area contributed by atoms with E-state index in [-0.39, 0.29) is 47.0 Å². The molecule has 0 bridgehead atoms. The van der Waals surface area contributed by atoms with Gasteiger partial charge >= 0.3 is 11.9 Å². The summed E-state index contributed by atoms with van der Waals surface area (Å²) >= 11 is 0. The molecule has 5 heterocycles. The molecule has 0 unspecified atom stereocenters. The fourth-order valence-corrected chi connectivity index (χ4v) is 4.20. The van der Waals surface area contributed by atoms with Crippen molar-refractivity contribution in [2.75, 3.05) is 5.32 Å². The number of carbonyl (C=O) groups excluding carboxylic acids is 1. The number of aromatic nitrogens is 7. The largest absolute Gasteiger partial charge is 0.418 e. The lowest BCUT2D eigenvalue weighted by Gasteiger charge is -2.12. The number of halogens is 3. The molecule has 0 spiro atoms. The zero-order valence-electron chi connectivity index (χ0n) is 21.4. The van der Waals surface area contributed by atoms with Crippen molar-refractivity contribution in [1.29, 1.82) is 0 Å². The maximum absolute atomic E-state index is 13.3. The second-order valence-electron chi connectivity index (χ2n) is 9.02. The fraction of sp³-hybridized carbons (Fsp3) is 0.240. The summed E-state index contributed by atoms with van der Waals surface area (Å²) in [6.45, 7) is 2.44. The van der Waals surface area contributed by atoms with Crippen LogP contribution in [0.25, 0.3) is 22.4 Å². The molecule has 15 heteroatoms. The molecule has 12 nitrogen and oxygen atoms in total. The van der Waals surface area contributed by atoms with Gasteiger partial charge in [0.15, 0.2) is 11.2 Å². The maximum atomic E-state index is 13.3. The van der Waals surface area contributed by atoms with Gasteiger partial charge in [-0.1, -0.05) is 11.2 Å². The van der Waals surface area contributed by atoms with Crippen molar-refractivity contribution >= 4 is 22.9 Å². The first-order chi connectivity index (χ1) is 18.9. The SMILES string of the molecule is Cc1cc(Cn2c(=O)c3c(ncn3CC(=O)Nc3cccc(-c4cnc(C)c(C(F)(F)F)c4)n3)n(C)c2=O)no1. The van der Waals surface area contributed by atoms with Crippen molar-refractivity contribution in [3.05, 3.63) is 86.4 Å². The summed E-state index contributed by atoms with van der Waals surface area (Å²) < 4.78 is 48.4. The van der Waals surface area contributed by atoms with Crippen molar-refractivity contribution in [3.8, 4) is 11.3 Å². The van der Waals surface area contributed by atoms with E-state index in [1.165, 1.54) is 53.8 Å². The third kappa shape index (κ3) is 5.00. The average Bonchev–Trinajstić information content (AvgIpc) is 3.51. The summed E-state index contributed by atoms with van der Waals surface area (Å²) in [5.74, 6) is 0.000865. The van der Waals surface area contributed by atoms with Crippen molar-refractivity contribution < 1.29 is 22.5 Å². The quantitative estimate of drug-likeness (QED) is 0.338. The van der Waals surface area contributed by atoms with E-state index in [0.717, 1.165) is 10.6 Å². The number of nitrogens with one attached hydrogen (secondary N) is 1. The molecule has 5 aromatic heterocycles. The molecular formula is C25H21F3N8O4. The number of alkyl halides is 3. The molecule has 1 N–H and O–H groups in total. The van der Waals surface area contributed by atoms with Crippen molar-refractivity contribution in [2.24, 2.45) is 7.05 Å². The Morgan fingerprint density at radius 2 is 1.90 bits per heavy atom. The van der Waals surface area contributed by atoms with E-state index < -0.39 is 28.9 Å². The number of hydrogen-bond acceptors (Lipinski definition) is 8. The second-order valence-corrected chi connectivity index (χ2v) is 9.02. The molecule has 0 aliphatic rings. The lowest BCUT2D eigenvalue weighted by Crippen LogP contribution is -2.40. The van der Waals surface area contributed by atoms with Crippen LogP contribution in [0.2, 0.25) is 0 Å². The monoisotopic (exact) mass is 554 g/mol. The predicted octanol–water partition coefficient (Wildman–Crippen LogP) is 2.66. The molecule has 0 saturated heterocycles. The van der Waals surface area contributed by atoms with Crippen molar-refractivity contribution in [3.63, 3.8) is 0 Å². The Bertz CT molecular complexity index is 1880. The first-order valence-electron chi connectivity index (χ1n) is 11.8. The van der Waals surface area contributed by atoms with E-state index in [1.807, 2.05) is 0 Å². The van der Waals surface area contributed by atoms with Gasteiger partial charge in [-0.3, -0.25) is 23.7 Å². The average molecular weight is 554 g/mol. The molecule has 0 aliphatic heterocycles. The van der Waals surface area contributed by atoms with Gasteiger partial charge in [0.25, 0.3) is 5.56 Å². The van der Waals surface area contributed by atoms with E-state index in [1.54, 1.807) is 13.0 Å². The molecule has 0 saturated carbocycles. The van der Waals surface area contributed by atoms with E-state index in [2.05, 4.69) is 25.4 Å². The van der Waals surface area contributed by atoms with Gasteiger partial charge in [-0.15, -0.1) is 0 Å². The number of pyridine rings is 2.